The van der Waals surface area contributed by atoms with E-state index in [9.17, 15) is 9.18 Å². The Morgan fingerprint density at radius 1 is 1.42 bits per heavy atom. The summed E-state index contributed by atoms with van der Waals surface area (Å²) >= 11 is 0. The van der Waals surface area contributed by atoms with E-state index in [0.717, 1.165) is 31.6 Å². The molecular weight excluding hydrogens is 303 g/mol. The summed E-state index contributed by atoms with van der Waals surface area (Å²) in [6.07, 6.45) is 4.71. The lowest BCUT2D eigenvalue weighted by molar-refractivity contribution is -0.132. The molecule has 1 saturated heterocycles. The Kier molecular flexibility index (Phi) is 7.70. The molecular formula is C20H31FN2O. The van der Waals surface area contributed by atoms with E-state index < -0.39 is 0 Å². The van der Waals surface area contributed by atoms with Crippen molar-refractivity contribution in [3.63, 3.8) is 0 Å². The zero-order valence-electron chi connectivity index (χ0n) is 15.1. The summed E-state index contributed by atoms with van der Waals surface area (Å²) in [6, 6.07) is 6.67. The number of benzene rings is 1. The molecule has 1 aliphatic rings. The van der Waals surface area contributed by atoms with Crippen molar-refractivity contribution in [1.29, 1.82) is 0 Å². The standard InChI is InChI=1S/C20H31FN2O/c1-3-11-23(12-9-17-6-4-8-19(21)14-17)20(24)13-16(2)18-7-5-10-22-15-18/h4,6,8,14,16,18,22H,3,5,7,9-13,15H2,1-2H3. The molecule has 1 aromatic carbocycles. The molecule has 2 unspecified atom stereocenters. The molecule has 0 spiro atoms. The third kappa shape index (κ3) is 5.90. The van der Waals surface area contributed by atoms with Crippen LogP contribution >= 0.6 is 0 Å². The SMILES string of the molecule is CCCN(CCc1cccc(F)c1)C(=O)CC(C)C1CCCNC1. The second-order valence-electron chi connectivity index (χ2n) is 7.05. The first-order valence-corrected chi connectivity index (χ1v) is 9.33. The van der Waals surface area contributed by atoms with Crippen molar-refractivity contribution < 1.29 is 9.18 Å². The third-order valence-electron chi connectivity index (χ3n) is 5.04. The molecule has 3 nitrogen and oxygen atoms in total. The quantitative estimate of drug-likeness (QED) is 0.787. The van der Waals surface area contributed by atoms with Crippen LogP contribution in [0.1, 0.15) is 45.1 Å². The highest BCUT2D eigenvalue weighted by atomic mass is 19.1. The molecule has 1 N–H and O–H groups in total. The van der Waals surface area contributed by atoms with Crippen molar-refractivity contribution in [3.05, 3.63) is 35.6 Å². The van der Waals surface area contributed by atoms with E-state index in [-0.39, 0.29) is 11.7 Å². The van der Waals surface area contributed by atoms with E-state index in [2.05, 4.69) is 19.2 Å². The van der Waals surface area contributed by atoms with Crippen molar-refractivity contribution >= 4 is 5.91 Å². The average molecular weight is 334 g/mol. The molecule has 1 fully saturated rings. The van der Waals surface area contributed by atoms with Crippen LogP contribution in [0, 0.1) is 17.7 Å². The molecule has 4 heteroatoms. The molecule has 2 rings (SSSR count). The molecule has 0 aliphatic carbocycles. The highest BCUT2D eigenvalue weighted by Crippen LogP contribution is 2.23. The van der Waals surface area contributed by atoms with Crippen LogP contribution in [0.25, 0.3) is 0 Å². The predicted octanol–water partition coefficient (Wildman–Crippen LogP) is 3.63. The van der Waals surface area contributed by atoms with E-state index in [4.69, 9.17) is 0 Å². The highest BCUT2D eigenvalue weighted by Gasteiger charge is 2.24. The van der Waals surface area contributed by atoms with E-state index in [1.807, 2.05) is 11.0 Å². The molecule has 0 bridgehead atoms. The topological polar surface area (TPSA) is 32.3 Å². The Morgan fingerprint density at radius 3 is 2.92 bits per heavy atom. The Balaban J connectivity index is 1.86. The second-order valence-corrected chi connectivity index (χ2v) is 7.05. The molecule has 0 saturated carbocycles. The Labute approximate surface area is 145 Å². The zero-order chi connectivity index (χ0) is 17.4. The summed E-state index contributed by atoms with van der Waals surface area (Å²) in [5.41, 5.74) is 0.952. The molecule has 2 atom stereocenters. The van der Waals surface area contributed by atoms with Crippen LogP contribution in [0.4, 0.5) is 4.39 Å². The van der Waals surface area contributed by atoms with Gasteiger partial charge in [0.25, 0.3) is 0 Å². The molecule has 0 radical (unpaired) electrons. The predicted molar refractivity (Wildman–Crippen MR) is 96.3 cm³/mol. The molecule has 0 aromatic heterocycles. The van der Waals surface area contributed by atoms with Crippen molar-refractivity contribution in [3.8, 4) is 0 Å². The highest BCUT2D eigenvalue weighted by molar-refractivity contribution is 5.76. The maximum Gasteiger partial charge on any atom is 0.222 e. The normalized spacial score (nSPS) is 19.0. The van der Waals surface area contributed by atoms with Crippen LogP contribution in [-0.2, 0) is 11.2 Å². The number of nitrogens with zero attached hydrogens (tertiary/aromatic N) is 1. The van der Waals surface area contributed by atoms with Crippen LogP contribution in [0.5, 0.6) is 0 Å². The fraction of sp³-hybridized carbons (Fsp3) is 0.650. The van der Waals surface area contributed by atoms with Crippen LogP contribution in [-0.4, -0.2) is 37.0 Å². The summed E-state index contributed by atoms with van der Waals surface area (Å²) in [4.78, 5) is 14.7. The summed E-state index contributed by atoms with van der Waals surface area (Å²) < 4.78 is 13.3. The summed E-state index contributed by atoms with van der Waals surface area (Å²) in [6.45, 7) is 7.89. The first-order valence-electron chi connectivity index (χ1n) is 9.33. The van der Waals surface area contributed by atoms with Crippen LogP contribution in [0.2, 0.25) is 0 Å². The van der Waals surface area contributed by atoms with Gasteiger partial charge in [-0.3, -0.25) is 4.79 Å². The van der Waals surface area contributed by atoms with E-state index in [1.165, 1.54) is 18.9 Å². The summed E-state index contributed by atoms with van der Waals surface area (Å²) in [5, 5.41) is 3.43. The van der Waals surface area contributed by atoms with Gasteiger partial charge in [-0.05, 0) is 68.3 Å². The summed E-state index contributed by atoms with van der Waals surface area (Å²) in [5.74, 6) is 1.05. The number of carbonyl (C=O) groups excluding carboxylic acids is 1. The van der Waals surface area contributed by atoms with Crippen molar-refractivity contribution in [2.75, 3.05) is 26.2 Å². The minimum Gasteiger partial charge on any atom is -0.342 e. The van der Waals surface area contributed by atoms with Gasteiger partial charge in [0.1, 0.15) is 5.82 Å². The lowest BCUT2D eigenvalue weighted by Gasteiger charge is -2.30. The van der Waals surface area contributed by atoms with Gasteiger partial charge in [-0.15, -0.1) is 0 Å². The van der Waals surface area contributed by atoms with Gasteiger partial charge in [-0.2, -0.15) is 0 Å². The fourth-order valence-electron chi connectivity index (χ4n) is 3.52. The van der Waals surface area contributed by atoms with Crippen LogP contribution in [0.15, 0.2) is 24.3 Å². The van der Waals surface area contributed by atoms with Gasteiger partial charge < -0.3 is 10.2 Å². The fourth-order valence-corrected chi connectivity index (χ4v) is 3.52. The van der Waals surface area contributed by atoms with Gasteiger partial charge in [0, 0.05) is 19.5 Å². The first-order chi connectivity index (χ1) is 11.6. The number of carbonyl (C=O) groups is 1. The van der Waals surface area contributed by atoms with Gasteiger partial charge in [0.15, 0.2) is 0 Å². The largest absolute Gasteiger partial charge is 0.342 e. The number of hydrogen-bond donors (Lipinski definition) is 1. The number of piperidine rings is 1. The van der Waals surface area contributed by atoms with Gasteiger partial charge in [-0.1, -0.05) is 26.0 Å². The number of amides is 1. The molecule has 134 valence electrons. The minimum absolute atomic E-state index is 0.209. The third-order valence-corrected chi connectivity index (χ3v) is 5.04. The molecule has 24 heavy (non-hydrogen) atoms. The van der Waals surface area contributed by atoms with Gasteiger partial charge in [-0.25, -0.2) is 4.39 Å². The maximum atomic E-state index is 13.3. The van der Waals surface area contributed by atoms with Gasteiger partial charge in [0.05, 0.1) is 0 Å². The summed E-state index contributed by atoms with van der Waals surface area (Å²) in [7, 11) is 0. The zero-order valence-corrected chi connectivity index (χ0v) is 15.1. The Hall–Kier alpha value is -1.42. The lowest BCUT2D eigenvalue weighted by Crippen LogP contribution is -2.38. The first kappa shape index (κ1) is 18.9. The maximum absolute atomic E-state index is 13.3. The van der Waals surface area contributed by atoms with Crippen molar-refractivity contribution in [2.45, 2.75) is 46.0 Å². The van der Waals surface area contributed by atoms with E-state index >= 15 is 0 Å². The molecule has 1 amide bonds. The smallest absolute Gasteiger partial charge is 0.222 e. The Bertz CT molecular complexity index is 514. The number of rotatable bonds is 8. The van der Waals surface area contributed by atoms with E-state index in [0.29, 0.717) is 31.2 Å². The molecule has 1 heterocycles. The van der Waals surface area contributed by atoms with Crippen LogP contribution < -0.4 is 5.32 Å². The lowest BCUT2D eigenvalue weighted by atomic mass is 9.85. The van der Waals surface area contributed by atoms with Crippen molar-refractivity contribution in [1.82, 2.24) is 10.2 Å². The van der Waals surface area contributed by atoms with Crippen molar-refractivity contribution in [2.24, 2.45) is 11.8 Å². The van der Waals surface area contributed by atoms with Gasteiger partial charge >= 0.3 is 0 Å². The monoisotopic (exact) mass is 334 g/mol. The number of halogens is 1. The number of hydrogen-bond acceptors (Lipinski definition) is 2. The average Bonchev–Trinajstić information content (AvgIpc) is 2.59. The van der Waals surface area contributed by atoms with Crippen LogP contribution in [0.3, 0.4) is 0 Å². The number of nitrogens with one attached hydrogen (secondary N) is 1. The second kappa shape index (κ2) is 9.77. The van der Waals surface area contributed by atoms with E-state index in [1.54, 1.807) is 12.1 Å². The molecule has 1 aliphatic heterocycles. The minimum atomic E-state index is -0.209. The van der Waals surface area contributed by atoms with Gasteiger partial charge in [0.2, 0.25) is 5.91 Å². The molecule has 1 aromatic rings. The Morgan fingerprint density at radius 2 is 2.25 bits per heavy atom.